The number of hydrogen-bond donors (Lipinski definition) is 2. The van der Waals surface area contributed by atoms with Gasteiger partial charge < -0.3 is 10.4 Å². The standard InChI is InChI=1S/C6H12BrNO2/c1-2-5(9)4-8-6(10)3-7/h5,9H,2-4H2,1H3,(H,8,10). The van der Waals surface area contributed by atoms with Gasteiger partial charge in [-0.15, -0.1) is 0 Å². The first-order valence-corrected chi connectivity index (χ1v) is 4.33. The van der Waals surface area contributed by atoms with Gasteiger partial charge in [-0.1, -0.05) is 22.9 Å². The van der Waals surface area contributed by atoms with E-state index >= 15 is 0 Å². The normalized spacial score (nSPS) is 12.7. The van der Waals surface area contributed by atoms with Crippen LogP contribution in [0.1, 0.15) is 13.3 Å². The van der Waals surface area contributed by atoms with Crippen LogP contribution < -0.4 is 5.32 Å². The molecule has 4 heteroatoms. The van der Waals surface area contributed by atoms with Crippen LogP contribution in [0.25, 0.3) is 0 Å². The lowest BCUT2D eigenvalue weighted by atomic mass is 10.3. The van der Waals surface area contributed by atoms with Crippen LogP contribution in [0.15, 0.2) is 0 Å². The van der Waals surface area contributed by atoms with Crippen LogP contribution in [0.2, 0.25) is 0 Å². The van der Waals surface area contributed by atoms with Crippen molar-refractivity contribution >= 4 is 21.8 Å². The highest BCUT2D eigenvalue weighted by Gasteiger charge is 2.01. The zero-order valence-corrected chi connectivity index (χ0v) is 7.52. The summed E-state index contributed by atoms with van der Waals surface area (Å²) >= 11 is 2.99. The van der Waals surface area contributed by atoms with E-state index in [4.69, 9.17) is 5.11 Å². The molecule has 0 aliphatic heterocycles. The van der Waals surface area contributed by atoms with Crippen molar-refractivity contribution in [3.8, 4) is 0 Å². The van der Waals surface area contributed by atoms with Gasteiger partial charge in [-0.25, -0.2) is 0 Å². The van der Waals surface area contributed by atoms with E-state index in [0.29, 0.717) is 18.3 Å². The van der Waals surface area contributed by atoms with Crippen molar-refractivity contribution in [2.75, 3.05) is 11.9 Å². The Morgan fingerprint density at radius 1 is 1.80 bits per heavy atom. The second kappa shape index (κ2) is 5.68. The van der Waals surface area contributed by atoms with Gasteiger partial charge in [0.2, 0.25) is 5.91 Å². The number of carbonyl (C=O) groups excluding carboxylic acids is 1. The molecular formula is C6H12BrNO2. The summed E-state index contributed by atoms with van der Waals surface area (Å²) < 4.78 is 0. The molecule has 0 aliphatic carbocycles. The minimum Gasteiger partial charge on any atom is -0.391 e. The second-order valence-electron chi connectivity index (χ2n) is 2.00. The SMILES string of the molecule is CCC(O)CNC(=O)CBr. The monoisotopic (exact) mass is 209 g/mol. The lowest BCUT2D eigenvalue weighted by Gasteiger charge is -2.07. The van der Waals surface area contributed by atoms with Crippen molar-refractivity contribution in [1.82, 2.24) is 5.32 Å². The zero-order valence-electron chi connectivity index (χ0n) is 5.93. The number of aliphatic hydroxyl groups excluding tert-OH is 1. The molecular weight excluding hydrogens is 198 g/mol. The molecule has 0 radical (unpaired) electrons. The average molecular weight is 210 g/mol. The molecule has 0 saturated heterocycles. The minimum atomic E-state index is -0.414. The van der Waals surface area contributed by atoms with E-state index in [9.17, 15) is 4.79 Å². The fourth-order valence-electron chi connectivity index (χ4n) is 0.423. The third-order valence-corrected chi connectivity index (χ3v) is 1.64. The molecule has 60 valence electrons. The van der Waals surface area contributed by atoms with Gasteiger partial charge in [0.25, 0.3) is 0 Å². The molecule has 0 fully saturated rings. The smallest absolute Gasteiger partial charge is 0.230 e. The fourth-order valence-corrected chi connectivity index (χ4v) is 0.621. The Morgan fingerprint density at radius 2 is 2.40 bits per heavy atom. The number of hydrogen-bond acceptors (Lipinski definition) is 2. The van der Waals surface area contributed by atoms with E-state index in [1.807, 2.05) is 6.92 Å². The number of amides is 1. The van der Waals surface area contributed by atoms with Crippen LogP contribution in [0.3, 0.4) is 0 Å². The molecule has 0 aliphatic rings. The third kappa shape index (κ3) is 4.76. The Labute approximate surface area is 68.9 Å². The van der Waals surface area contributed by atoms with Crippen LogP contribution in [-0.4, -0.2) is 29.0 Å². The van der Waals surface area contributed by atoms with E-state index < -0.39 is 6.10 Å². The molecule has 2 N–H and O–H groups in total. The van der Waals surface area contributed by atoms with Crippen LogP contribution in [0.5, 0.6) is 0 Å². The van der Waals surface area contributed by atoms with E-state index in [-0.39, 0.29) is 5.91 Å². The summed E-state index contributed by atoms with van der Waals surface area (Å²) in [6, 6.07) is 0. The summed E-state index contributed by atoms with van der Waals surface area (Å²) in [6.45, 7) is 2.21. The maximum atomic E-state index is 10.6. The van der Waals surface area contributed by atoms with Gasteiger partial charge in [0.1, 0.15) is 0 Å². The van der Waals surface area contributed by atoms with Crippen molar-refractivity contribution in [3.05, 3.63) is 0 Å². The molecule has 0 heterocycles. The molecule has 0 spiro atoms. The van der Waals surface area contributed by atoms with E-state index in [1.165, 1.54) is 0 Å². The van der Waals surface area contributed by atoms with Crippen molar-refractivity contribution in [1.29, 1.82) is 0 Å². The first-order chi connectivity index (χ1) is 4.70. The van der Waals surface area contributed by atoms with Gasteiger partial charge in [-0.2, -0.15) is 0 Å². The molecule has 3 nitrogen and oxygen atoms in total. The Balaban J connectivity index is 3.26. The van der Waals surface area contributed by atoms with Crippen LogP contribution in [0.4, 0.5) is 0 Å². The van der Waals surface area contributed by atoms with E-state index in [2.05, 4.69) is 21.2 Å². The number of rotatable bonds is 4. The maximum absolute atomic E-state index is 10.6. The summed E-state index contributed by atoms with van der Waals surface area (Å²) in [5.74, 6) is -0.0903. The van der Waals surface area contributed by atoms with Crippen molar-refractivity contribution in [3.63, 3.8) is 0 Å². The Hall–Kier alpha value is -0.0900. The molecule has 0 aromatic rings. The van der Waals surface area contributed by atoms with Gasteiger partial charge in [-0.3, -0.25) is 4.79 Å². The summed E-state index contributed by atoms with van der Waals surface area (Å²) in [5, 5.41) is 11.8. The lowest BCUT2D eigenvalue weighted by Crippen LogP contribution is -2.32. The number of alkyl halides is 1. The average Bonchev–Trinajstić information content (AvgIpc) is 1.99. The molecule has 1 atom stereocenters. The van der Waals surface area contributed by atoms with Gasteiger partial charge in [0.05, 0.1) is 11.4 Å². The Kier molecular flexibility index (Phi) is 5.63. The molecule has 10 heavy (non-hydrogen) atoms. The van der Waals surface area contributed by atoms with Crippen molar-refractivity contribution in [2.24, 2.45) is 0 Å². The predicted molar refractivity (Wildman–Crippen MR) is 43.1 cm³/mol. The number of nitrogens with one attached hydrogen (secondary N) is 1. The maximum Gasteiger partial charge on any atom is 0.230 e. The predicted octanol–water partition coefficient (Wildman–Crippen LogP) is 0.268. The van der Waals surface area contributed by atoms with Gasteiger partial charge in [-0.05, 0) is 6.42 Å². The minimum absolute atomic E-state index is 0.0903. The molecule has 0 bridgehead atoms. The van der Waals surface area contributed by atoms with Crippen LogP contribution in [-0.2, 0) is 4.79 Å². The largest absolute Gasteiger partial charge is 0.391 e. The van der Waals surface area contributed by atoms with Crippen LogP contribution in [0, 0.1) is 0 Å². The first kappa shape index (κ1) is 9.91. The molecule has 0 saturated carbocycles. The van der Waals surface area contributed by atoms with Gasteiger partial charge in [0, 0.05) is 6.54 Å². The topological polar surface area (TPSA) is 49.3 Å². The Morgan fingerprint density at radius 3 is 2.80 bits per heavy atom. The highest BCUT2D eigenvalue weighted by molar-refractivity contribution is 9.09. The van der Waals surface area contributed by atoms with E-state index in [1.54, 1.807) is 0 Å². The molecule has 1 amide bonds. The third-order valence-electron chi connectivity index (χ3n) is 1.13. The molecule has 0 rings (SSSR count). The highest BCUT2D eigenvalue weighted by Crippen LogP contribution is 1.86. The number of halogens is 1. The first-order valence-electron chi connectivity index (χ1n) is 3.21. The number of carbonyl (C=O) groups is 1. The summed E-state index contributed by atoms with van der Waals surface area (Å²) in [6.07, 6.45) is 0.255. The van der Waals surface area contributed by atoms with E-state index in [0.717, 1.165) is 0 Å². The van der Waals surface area contributed by atoms with Gasteiger partial charge in [0.15, 0.2) is 0 Å². The van der Waals surface area contributed by atoms with Gasteiger partial charge >= 0.3 is 0 Å². The van der Waals surface area contributed by atoms with Crippen molar-refractivity contribution in [2.45, 2.75) is 19.4 Å². The fraction of sp³-hybridized carbons (Fsp3) is 0.833. The summed E-state index contributed by atoms with van der Waals surface area (Å²) in [4.78, 5) is 10.6. The van der Waals surface area contributed by atoms with Crippen LogP contribution >= 0.6 is 15.9 Å². The van der Waals surface area contributed by atoms with Crippen molar-refractivity contribution < 1.29 is 9.90 Å². The molecule has 0 aromatic carbocycles. The molecule has 0 aromatic heterocycles. The Bertz CT molecular complexity index is 108. The summed E-state index contributed by atoms with van der Waals surface area (Å²) in [5.41, 5.74) is 0. The highest BCUT2D eigenvalue weighted by atomic mass is 79.9. The quantitative estimate of drug-likeness (QED) is 0.654. The number of aliphatic hydroxyl groups is 1. The zero-order chi connectivity index (χ0) is 7.98. The molecule has 1 unspecified atom stereocenters. The summed E-state index contributed by atoms with van der Waals surface area (Å²) in [7, 11) is 0. The second-order valence-corrected chi connectivity index (χ2v) is 2.56. The lowest BCUT2D eigenvalue weighted by molar-refractivity contribution is -0.118.